The summed E-state index contributed by atoms with van der Waals surface area (Å²) in [6.45, 7) is 2.85. The van der Waals surface area contributed by atoms with Crippen molar-refractivity contribution in [1.82, 2.24) is 0 Å². The number of nitrogens with two attached hydrogens (primary N) is 1. The lowest BCUT2D eigenvalue weighted by molar-refractivity contribution is -0.138. The molecule has 0 bridgehead atoms. The maximum atomic E-state index is 13.3. The zero-order chi connectivity index (χ0) is 16.3. The highest BCUT2D eigenvalue weighted by atomic mass is 31.2. The van der Waals surface area contributed by atoms with E-state index in [1.165, 1.54) is 13.8 Å². The third-order valence-corrected chi connectivity index (χ3v) is 4.79. The summed E-state index contributed by atoms with van der Waals surface area (Å²) in [4.78, 5) is 0. The minimum Gasteiger partial charge on any atom is -0.314 e. The minimum atomic E-state index is -4.76. The van der Waals surface area contributed by atoms with E-state index in [4.69, 9.17) is 14.8 Å². The van der Waals surface area contributed by atoms with E-state index in [1.54, 1.807) is 0 Å². The smallest absolute Gasteiger partial charge is 0.314 e. The highest BCUT2D eigenvalue weighted by molar-refractivity contribution is 7.54. The number of hydrogen-bond donors (Lipinski definition) is 1. The Morgan fingerprint density at radius 1 is 1.24 bits per heavy atom. The Balaban J connectivity index is 3.36. The van der Waals surface area contributed by atoms with Gasteiger partial charge in [-0.15, -0.1) is 0 Å². The lowest BCUT2D eigenvalue weighted by Crippen LogP contribution is -2.20. The first kappa shape index (κ1) is 18.1. The number of benzene rings is 1. The molecule has 0 aromatic heterocycles. The number of hydrogen-bond acceptors (Lipinski definition) is 4. The van der Waals surface area contributed by atoms with Gasteiger partial charge in [0.25, 0.3) is 0 Å². The molecular weight excluding hydrogens is 313 g/mol. The van der Waals surface area contributed by atoms with Crippen LogP contribution >= 0.6 is 7.60 Å². The van der Waals surface area contributed by atoms with Gasteiger partial charge >= 0.3 is 13.8 Å². The minimum absolute atomic E-state index is 0.0678. The molecule has 1 atom stereocenters. The Morgan fingerprint density at radius 3 is 2.19 bits per heavy atom. The first-order valence-electron chi connectivity index (χ1n) is 6.16. The molecule has 1 aromatic carbocycles. The topological polar surface area (TPSA) is 61.5 Å². The summed E-state index contributed by atoms with van der Waals surface area (Å²) < 4.78 is 74.4. The van der Waals surface area contributed by atoms with Gasteiger partial charge < -0.3 is 14.8 Å². The molecule has 0 radical (unpaired) electrons. The fraction of sp³-hybridized carbons (Fsp3) is 0.500. The largest absolute Gasteiger partial charge is 0.416 e. The van der Waals surface area contributed by atoms with Crippen molar-refractivity contribution in [2.45, 2.75) is 25.8 Å². The van der Waals surface area contributed by atoms with Crippen LogP contribution in [0.3, 0.4) is 0 Å². The van der Waals surface area contributed by atoms with Crippen molar-refractivity contribution in [3.63, 3.8) is 0 Å². The Kier molecular flexibility index (Phi) is 5.92. The molecule has 0 aliphatic heterocycles. The third kappa shape index (κ3) is 4.26. The van der Waals surface area contributed by atoms with E-state index < -0.39 is 36.5 Å². The molecular formula is C12H16F4NO3P. The van der Waals surface area contributed by atoms with Gasteiger partial charge in [-0.2, -0.15) is 13.2 Å². The third-order valence-electron chi connectivity index (χ3n) is 2.60. The second-order valence-corrected chi connectivity index (χ2v) is 6.20. The van der Waals surface area contributed by atoms with Gasteiger partial charge in [0.1, 0.15) is 11.6 Å². The Morgan fingerprint density at radius 2 is 1.76 bits per heavy atom. The summed E-state index contributed by atoms with van der Waals surface area (Å²) in [5.74, 6) is -2.65. The second kappa shape index (κ2) is 6.87. The van der Waals surface area contributed by atoms with Crippen LogP contribution in [0.4, 0.5) is 17.6 Å². The Hall–Kier alpha value is -0.950. The van der Waals surface area contributed by atoms with Gasteiger partial charge in [0.15, 0.2) is 0 Å². The maximum absolute atomic E-state index is 13.3. The predicted octanol–water partition coefficient (Wildman–Crippen LogP) is 4.07. The molecule has 0 saturated heterocycles. The fourth-order valence-electron chi connectivity index (χ4n) is 1.76. The van der Waals surface area contributed by atoms with Gasteiger partial charge in [-0.25, -0.2) is 4.39 Å². The molecule has 1 rings (SSSR count). The molecule has 0 fully saturated rings. The standard InChI is InChI=1S/C12H16F4NO3P/c1-3-19-21(18,20-4-2)11(17)9-7-8(13)5-6-10(9)12(14,15)16/h5-7,11H,3-4,17H2,1-2H3/t11-/m1/s1. The zero-order valence-electron chi connectivity index (χ0n) is 11.5. The van der Waals surface area contributed by atoms with Gasteiger partial charge in [-0.05, 0) is 37.6 Å². The van der Waals surface area contributed by atoms with E-state index >= 15 is 0 Å². The molecule has 0 aliphatic rings. The van der Waals surface area contributed by atoms with E-state index in [0.29, 0.717) is 18.2 Å². The average molecular weight is 329 g/mol. The van der Waals surface area contributed by atoms with Crippen LogP contribution in [0.2, 0.25) is 0 Å². The summed E-state index contributed by atoms with van der Waals surface area (Å²) in [6.07, 6.45) is -4.76. The predicted molar refractivity (Wildman–Crippen MR) is 69.2 cm³/mol. The lowest BCUT2D eigenvalue weighted by atomic mass is 10.1. The molecule has 2 N–H and O–H groups in total. The number of alkyl halides is 3. The summed E-state index contributed by atoms with van der Waals surface area (Å²) >= 11 is 0. The van der Waals surface area contributed by atoms with Crippen LogP contribution in [0.5, 0.6) is 0 Å². The molecule has 0 unspecified atom stereocenters. The van der Waals surface area contributed by atoms with Crippen molar-refractivity contribution in [1.29, 1.82) is 0 Å². The number of halogens is 4. The molecule has 0 amide bonds. The van der Waals surface area contributed by atoms with Crippen LogP contribution in [0.25, 0.3) is 0 Å². The quantitative estimate of drug-likeness (QED) is 0.631. The van der Waals surface area contributed by atoms with Gasteiger partial charge in [-0.1, -0.05) is 0 Å². The van der Waals surface area contributed by atoms with Crippen LogP contribution in [-0.4, -0.2) is 13.2 Å². The van der Waals surface area contributed by atoms with Crippen LogP contribution in [0.15, 0.2) is 18.2 Å². The van der Waals surface area contributed by atoms with Gasteiger partial charge in [0.05, 0.1) is 18.8 Å². The molecule has 21 heavy (non-hydrogen) atoms. The zero-order valence-corrected chi connectivity index (χ0v) is 12.4. The lowest BCUT2D eigenvalue weighted by Gasteiger charge is -2.25. The molecule has 0 saturated carbocycles. The molecule has 0 aliphatic carbocycles. The van der Waals surface area contributed by atoms with E-state index in [0.717, 1.165) is 0 Å². The number of rotatable bonds is 6. The second-order valence-electron chi connectivity index (χ2n) is 4.05. The summed E-state index contributed by atoms with van der Waals surface area (Å²) in [5.41, 5.74) is 3.80. The Labute approximate surface area is 119 Å². The molecule has 0 heterocycles. The van der Waals surface area contributed by atoms with Gasteiger partial charge in [0.2, 0.25) is 0 Å². The van der Waals surface area contributed by atoms with Crippen LogP contribution in [0, 0.1) is 5.82 Å². The van der Waals surface area contributed by atoms with E-state index in [-0.39, 0.29) is 13.2 Å². The molecule has 4 nitrogen and oxygen atoms in total. The monoisotopic (exact) mass is 329 g/mol. The van der Waals surface area contributed by atoms with Crippen molar-refractivity contribution in [3.05, 3.63) is 35.1 Å². The van der Waals surface area contributed by atoms with Crippen LogP contribution in [-0.2, 0) is 19.8 Å². The van der Waals surface area contributed by atoms with Gasteiger partial charge in [0, 0.05) is 0 Å². The highest BCUT2D eigenvalue weighted by Gasteiger charge is 2.41. The van der Waals surface area contributed by atoms with Crippen molar-refractivity contribution in [2.75, 3.05) is 13.2 Å². The summed E-state index contributed by atoms with van der Waals surface area (Å²) in [6, 6.07) is 1.80. The molecule has 9 heteroatoms. The van der Waals surface area contributed by atoms with Crippen LogP contribution < -0.4 is 5.73 Å². The van der Waals surface area contributed by atoms with Gasteiger partial charge in [-0.3, -0.25) is 4.57 Å². The van der Waals surface area contributed by atoms with E-state index in [1.807, 2.05) is 0 Å². The molecule has 0 spiro atoms. The van der Waals surface area contributed by atoms with Crippen molar-refractivity contribution < 1.29 is 31.2 Å². The normalized spacial score (nSPS) is 14.2. The average Bonchev–Trinajstić information content (AvgIpc) is 2.36. The van der Waals surface area contributed by atoms with E-state index in [9.17, 15) is 22.1 Å². The first-order valence-corrected chi connectivity index (χ1v) is 7.78. The summed E-state index contributed by atoms with van der Waals surface area (Å²) in [5, 5.41) is 0. The molecule has 120 valence electrons. The highest BCUT2D eigenvalue weighted by Crippen LogP contribution is 2.59. The van der Waals surface area contributed by atoms with Crippen molar-refractivity contribution >= 4 is 7.60 Å². The fourth-order valence-corrected chi connectivity index (χ4v) is 3.43. The van der Waals surface area contributed by atoms with Crippen molar-refractivity contribution in [2.24, 2.45) is 5.73 Å². The summed E-state index contributed by atoms with van der Waals surface area (Å²) in [7, 11) is -4.04. The van der Waals surface area contributed by atoms with Crippen molar-refractivity contribution in [3.8, 4) is 0 Å². The maximum Gasteiger partial charge on any atom is 0.416 e. The van der Waals surface area contributed by atoms with E-state index in [2.05, 4.69) is 0 Å². The SMILES string of the molecule is CCOP(=O)(OCC)[C@@H](N)c1cc(F)ccc1C(F)(F)F. The van der Waals surface area contributed by atoms with Crippen LogP contribution in [0.1, 0.15) is 30.8 Å². The first-order chi connectivity index (χ1) is 9.65. The molecule has 1 aromatic rings. The Bertz CT molecular complexity index is 526.